The number of aromatic nitrogens is 2. The van der Waals surface area contributed by atoms with E-state index in [1.54, 1.807) is 11.3 Å². The minimum absolute atomic E-state index is 0.268. The van der Waals surface area contributed by atoms with Gasteiger partial charge in [-0.05, 0) is 23.8 Å². The van der Waals surface area contributed by atoms with Crippen molar-refractivity contribution in [3.63, 3.8) is 0 Å². The first kappa shape index (κ1) is 13.7. The predicted octanol–water partition coefficient (Wildman–Crippen LogP) is 2.69. The number of carbonyl (C=O) groups excluding carboxylic acids is 1. The number of esters is 1. The maximum atomic E-state index is 11.8. The van der Waals surface area contributed by atoms with Crippen molar-refractivity contribution in [1.29, 1.82) is 0 Å². The molecule has 0 unspecified atom stereocenters. The van der Waals surface area contributed by atoms with Crippen LogP contribution in [-0.2, 0) is 9.53 Å². The number of hydrogen-bond acceptors (Lipinski definition) is 6. The number of rotatable bonds is 5. The van der Waals surface area contributed by atoms with E-state index in [-0.39, 0.29) is 12.0 Å². The highest BCUT2D eigenvalue weighted by Crippen LogP contribution is 2.25. The fraction of sp³-hybridized carbons (Fsp3) is 0.462. The monoisotopic (exact) mass is 279 g/mol. The number of nitrogens with one attached hydrogen (secondary N) is 1. The van der Waals surface area contributed by atoms with Gasteiger partial charge in [0.15, 0.2) is 0 Å². The van der Waals surface area contributed by atoms with E-state index in [1.165, 1.54) is 13.4 Å². The van der Waals surface area contributed by atoms with Gasteiger partial charge in [0.1, 0.15) is 23.0 Å². The second-order valence-electron chi connectivity index (χ2n) is 4.71. The van der Waals surface area contributed by atoms with Crippen LogP contribution in [0, 0.1) is 5.92 Å². The van der Waals surface area contributed by atoms with E-state index in [1.807, 2.05) is 11.4 Å². The number of ether oxygens (including phenoxy) is 1. The first-order chi connectivity index (χ1) is 9.11. The van der Waals surface area contributed by atoms with Crippen LogP contribution in [0.4, 0.5) is 5.82 Å². The van der Waals surface area contributed by atoms with Crippen molar-refractivity contribution in [3.8, 4) is 0 Å². The second kappa shape index (κ2) is 5.97. The molecule has 6 heteroatoms. The Balaban J connectivity index is 2.25. The Kier molecular flexibility index (Phi) is 4.31. The number of thiophene rings is 1. The van der Waals surface area contributed by atoms with Crippen LogP contribution in [-0.4, -0.2) is 29.1 Å². The molecule has 0 saturated heterocycles. The maximum absolute atomic E-state index is 11.8. The molecule has 0 aliphatic carbocycles. The SMILES string of the molecule is COC(=O)[C@H](CC(C)C)Nc1ncnc2sccc12. The Bertz CT molecular complexity index is 568. The molecular weight excluding hydrogens is 262 g/mol. The smallest absolute Gasteiger partial charge is 0.328 e. The highest BCUT2D eigenvalue weighted by atomic mass is 32.1. The van der Waals surface area contributed by atoms with Gasteiger partial charge in [-0.15, -0.1) is 11.3 Å². The summed E-state index contributed by atoms with van der Waals surface area (Å²) in [6.07, 6.45) is 2.20. The molecule has 1 atom stereocenters. The molecule has 19 heavy (non-hydrogen) atoms. The molecule has 0 bridgehead atoms. The largest absolute Gasteiger partial charge is 0.467 e. The van der Waals surface area contributed by atoms with Crippen LogP contribution in [0.3, 0.4) is 0 Å². The molecule has 2 heterocycles. The quantitative estimate of drug-likeness (QED) is 0.852. The van der Waals surface area contributed by atoms with Crippen LogP contribution in [0.1, 0.15) is 20.3 Å². The minimum atomic E-state index is -0.386. The number of fused-ring (bicyclic) bond motifs is 1. The molecule has 0 saturated carbocycles. The van der Waals surface area contributed by atoms with Crippen LogP contribution in [0.15, 0.2) is 17.8 Å². The zero-order valence-corrected chi connectivity index (χ0v) is 12.0. The second-order valence-corrected chi connectivity index (χ2v) is 5.61. The predicted molar refractivity (Wildman–Crippen MR) is 76.3 cm³/mol. The van der Waals surface area contributed by atoms with Crippen molar-refractivity contribution in [2.24, 2.45) is 5.92 Å². The van der Waals surface area contributed by atoms with E-state index >= 15 is 0 Å². The molecule has 0 fully saturated rings. The number of carbonyl (C=O) groups is 1. The van der Waals surface area contributed by atoms with Crippen molar-refractivity contribution in [1.82, 2.24) is 9.97 Å². The zero-order valence-electron chi connectivity index (χ0n) is 11.2. The number of methoxy groups -OCH3 is 1. The van der Waals surface area contributed by atoms with Gasteiger partial charge in [0, 0.05) is 0 Å². The molecule has 0 amide bonds. The summed E-state index contributed by atoms with van der Waals surface area (Å²) in [5.74, 6) is 0.800. The topological polar surface area (TPSA) is 64.1 Å². The van der Waals surface area contributed by atoms with Crippen molar-refractivity contribution in [2.45, 2.75) is 26.3 Å². The van der Waals surface area contributed by atoms with Crippen LogP contribution < -0.4 is 5.32 Å². The number of anilines is 1. The maximum Gasteiger partial charge on any atom is 0.328 e. The first-order valence-corrected chi connectivity index (χ1v) is 7.02. The molecular formula is C13H17N3O2S. The lowest BCUT2D eigenvalue weighted by Gasteiger charge is -2.19. The summed E-state index contributed by atoms with van der Waals surface area (Å²) in [5, 5.41) is 6.06. The van der Waals surface area contributed by atoms with Crippen LogP contribution in [0.25, 0.3) is 10.2 Å². The Morgan fingerprint density at radius 3 is 2.95 bits per heavy atom. The third-order valence-electron chi connectivity index (χ3n) is 2.77. The molecule has 2 aromatic rings. The summed E-state index contributed by atoms with van der Waals surface area (Å²) in [7, 11) is 1.40. The van der Waals surface area contributed by atoms with E-state index in [4.69, 9.17) is 4.74 Å². The normalized spacial score (nSPS) is 12.6. The van der Waals surface area contributed by atoms with Gasteiger partial charge in [0.25, 0.3) is 0 Å². The number of hydrogen-bond donors (Lipinski definition) is 1. The fourth-order valence-electron chi connectivity index (χ4n) is 1.90. The van der Waals surface area contributed by atoms with E-state index in [0.29, 0.717) is 18.2 Å². The fourth-order valence-corrected chi connectivity index (χ4v) is 2.63. The summed E-state index contributed by atoms with van der Waals surface area (Å²) in [5.41, 5.74) is 0. The summed E-state index contributed by atoms with van der Waals surface area (Å²) in [6.45, 7) is 4.13. The lowest BCUT2D eigenvalue weighted by molar-refractivity contribution is -0.141. The molecule has 2 rings (SSSR count). The Morgan fingerprint density at radius 1 is 1.47 bits per heavy atom. The van der Waals surface area contributed by atoms with Gasteiger partial charge in [-0.1, -0.05) is 13.8 Å². The van der Waals surface area contributed by atoms with Gasteiger partial charge >= 0.3 is 5.97 Å². The molecule has 0 spiro atoms. The first-order valence-electron chi connectivity index (χ1n) is 6.14. The van der Waals surface area contributed by atoms with Crippen molar-refractivity contribution >= 4 is 33.3 Å². The van der Waals surface area contributed by atoms with E-state index in [0.717, 1.165) is 10.2 Å². The molecule has 0 aliphatic heterocycles. The van der Waals surface area contributed by atoms with Crippen LogP contribution in [0.2, 0.25) is 0 Å². The van der Waals surface area contributed by atoms with Crippen molar-refractivity contribution in [2.75, 3.05) is 12.4 Å². The molecule has 102 valence electrons. The van der Waals surface area contributed by atoms with Gasteiger partial charge in [-0.2, -0.15) is 0 Å². The molecule has 5 nitrogen and oxygen atoms in total. The van der Waals surface area contributed by atoms with E-state index in [2.05, 4.69) is 29.1 Å². The molecule has 0 radical (unpaired) electrons. The minimum Gasteiger partial charge on any atom is -0.467 e. The lowest BCUT2D eigenvalue weighted by atomic mass is 10.0. The molecule has 1 N–H and O–H groups in total. The van der Waals surface area contributed by atoms with Gasteiger partial charge in [-0.3, -0.25) is 0 Å². The molecule has 0 aliphatic rings. The lowest BCUT2D eigenvalue weighted by Crippen LogP contribution is -2.32. The van der Waals surface area contributed by atoms with Crippen molar-refractivity contribution < 1.29 is 9.53 Å². The number of nitrogens with zero attached hydrogens (tertiary/aromatic N) is 2. The highest BCUT2D eigenvalue weighted by Gasteiger charge is 2.21. The summed E-state index contributed by atoms with van der Waals surface area (Å²) >= 11 is 1.55. The average molecular weight is 279 g/mol. The van der Waals surface area contributed by atoms with E-state index < -0.39 is 0 Å². The van der Waals surface area contributed by atoms with Gasteiger partial charge < -0.3 is 10.1 Å². The highest BCUT2D eigenvalue weighted by molar-refractivity contribution is 7.16. The van der Waals surface area contributed by atoms with Gasteiger partial charge in [-0.25, -0.2) is 14.8 Å². The Labute approximate surface area is 116 Å². The standard InChI is InChI=1S/C13H17N3O2S/c1-8(2)6-10(13(17)18-3)16-11-9-4-5-19-12(9)15-7-14-11/h4-5,7-8,10H,6H2,1-3H3,(H,14,15,16)/t10-/m0/s1. The van der Waals surface area contributed by atoms with Crippen molar-refractivity contribution in [3.05, 3.63) is 17.8 Å². The molecule has 2 aromatic heterocycles. The van der Waals surface area contributed by atoms with Gasteiger partial charge in [0.05, 0.1) is 12.5 Å². The zero-order chi connectivity index (χ0) is 13.8. The Hall–Kier alpha value is -1.69. The van der Waals surface area contributed by atoms with Crippen LogP contribution in [0.5, 0.6) is 0 Å². The molecule has 0 aromatic carbocycles. The van der Waals surface area contributed by atoms with E-state index in [9.17, 15) is 4.79 Å². The Morgan fingerprint density at radius 2 is 2.26 bits per heavy atom. The summed E-state index contributed by atoms with van der Waals surface area (Å²) < 4.78 is 4.84. The average Bonchev–Trinajstić information content (AvgIpc) is 2.85. The third kappa shape index (κ3) is 3.20. The third-order valence-corrected chi connectivity index (χ3v) is 3.59. The van der Waals surface area contributed by atoms with Gasteiger partial charge in [0.2, 0.25) is 0 Å². The summed E-state index contributed by atoms with van der Waals surface area (Å²) in [6, 6.07) is 1.56. The summed E-state index contributed by atoms with van der Waals surface area (Å²) in [4.78, 5) is 21.1. The van der Waals surface area contributed by atoms with Crippen LogP contribution >= 0.6 is 11.3 Å².